The number of thioether (sulfide) groups is 1. The van der Waals surface area contributed by atoms with E-state index in [1.54, 1.807) is 40.2 Å². The Morgan fingerprint density at radius 3 is 2.94 bits per heavy atom. The van der Waals surface area contributed by atoms with Gasteiger partial charge in [0.15, 0.2) is 5.16 Å². The first-order chi connectivity index (χ1) is 15.5. The molecule has 0 fully saturated rings. The molecule has 0 unspecified atom stereocenters. The van der Waals surface area contributed by atoms with Crippen LogP contribution in [0.15, 0.2) is 40.8 Å². The summed E-state index contributed by atoms with van der Waals surface area (Å²) in [5, 5.41) is 13.3. The third-order valence-electron chi connectivity index (χ3n) is 5.31. The molecule has 6 nitrogen and oxygen atoms in total. The van der Waals surface area contributed by atoms with Gasteiger partial charge in [-0.2, -0.15) is 5.26 Å². The van der Waals surface area contributed by atoms with Gasteiger partial charge in [-0.15, -0.1) is 17.9 Å². The summed E-state index contributed by atoms with van der Waals surface area (Å²) in [6.07, 6.45) is 7.00. The first-order valence-electron chi connectivity index (χ1n) is 10.3. The molecular formula is C23H21ClN4O2S2. The van der Waals surface area contributed by atoms with Crippen molar-refractivity contribution in [3.63, 3.8) is 0 Å². The zero-order valence-electron chi connectivity index (χ0n) is 17.3. The number of hydrogen-bond donors (Lipinski definition) is 1. The van der Waals surface area contributed by atoms with Gasteiger partial charge in [0.1, 0.15) is 10.9 Å². The summed E-state index contributed by atoms with van der Waals surface area (Å²) in [6.45, 7) is 4.11. The molecule has 0 saturated carbocycles. The quantitative estimate of drug-likeness (QED) is 0.226. The summed E-state index contributed by atoms with van der Waals surface area (Å²) in [4.78, 5) is 32.6. The van der Waals surface area contributed by atoms with Gasteiger partial charge in [0.05, 0.1) is 21.7 Å². The number of aromatic nitrogens is 2. The maximum absolute atomic E-state index is 13.3. The molecule has 1 N–H and O–H groups in total. The molecule has 1 amide bonds. The van der Waals surface area contributed by atoms with E-state index in [0.29, 0.717) is 23.0 Å². The van der Waals surface area contributed by atoms with E-state index in [4.69, 9.17) is 21.8 Å². The van der Waals surface area contributed by atoms with Crippen molar-refractivity contribution in [2.75, 3.05) is 11.1 Å². The highest BCUT2D eigenvalue weighted by molar-refractivity contribution is 7.99. The maximum atomic E-state index is 13.3. The minimum absolute atomic E-state index is 0.0592. The smallest absolute Gasteiger partial charge is 0.263 e. The number of carbonyl (C=O) groups is 1. The lowest BCUT2D eigenvalue weighted by Gasteiger charge is -2.11. The highest BCUT2D eigenvalue weighted by Gasteiger charge is 2.21. The van der Waals surface area contributed by atoms with E-state index >= 15 is 0 Å². The SMILES string of the molecule is C=CCn1c(SCC(=O)Nc2ccc(C#N)c(Cl)c2)nc2sc3c(c2c1=O)CCCCC3. The molecule has 0 bridgehead atoms. The van der Waals surface area contributed by atoms with Crippen LogP contribution in [-0.2, 0) is 24.2 Å². The molecule has 1 aromatic carbocycles. The lowest BCUT2D eigenvalue weighted by Crippen LogP contribution is -2.24. The number of aryl methyl sites for hydroxylation is 2. The molecule has 0 spiro atoms. The average Bonchev–Trinajstić information content (AvgIpc) is 2.96. The second-order valence-electron chi connectivity index (χ2n) is 7.49. The largest absolute Gasteiger partial charge is 0.325 e. The Labute approximate surface area is 198 Å². The van der Waals surface area contributed by atoms with Gasteiger partial charge in [-0.05, 0) is 49.4 Å². The van der Waals surface area contributed by atoms with Gasteiger partial charge < -0.3 is 5.32 Å². The van der Waals surface area contributed by atoms with Gasteiger partial charge in [0.25, 0.3) is 5.56 Å². The summed E-state index contributed by atoms with van der Waals surface area (Å²) in [6, 6.07) is 6.71. The van der Waals surface area contributed by atoms with Crippen LogP contribution < -0.4 is 10.9 Å². The third kappa shape index (κ3) is 4.60. The van der Waals surface area contributed by atoms with E-state index in [2.05, 4.69) is 11.9 Å². The Morgan fingerprint density at radius 2 is 2.19 bits per heavy atom. The second-order valence-corrected chi connectivity index (χ2v) is 9.92. The molecular weight excluding hydrogens is 464 g/mol. The molecule has 9 heteroatoms. The van der Waals surface area contributed by atoms with Gasteiger partial charge >= 0.3 is 0 Å². The molecule has 0 atom stereocenters. The van der Waals surface area contributed by atoms with Crippen molar-refractivity contribution in [1.82, 2.24) is 9.55 Å². The van der Waals surface area contributed by atoms with Gasteiger partial charge in [0.2, 0.25) is 5.91 Å². The number of halogens is 1. The maximum Gasteiger partial charge on any atom is 0.263 e. The van der Waals surface area contributed by atoms with E-state index < -0.39 is 0 Å². The van der Waals surface area contributed by atoms with E-state index in [-0.39, 0.29) is 22.2 Å². The minimum atomic E-state index is -0.253. The van der Waals surface area contributed by atoms with Crippen LogP contribution in [0.25, 0.3) is 10.2 Å². The Kier molecular flexibility index (Phi) is 6.99. The van der Waals surface area contributed by atoms with Gasteiger partial charge in [0, 0.05) is 17.1 Å². The Bertz CT molecular complexity index is 1310. The van der Waals surface area contributed by atoms with E-state index in [1.807, 2.05) is 6.07 Å². The summed E-state index contributed by atoms with van der Waals surface area (Å²) in [5.41, 5.74) is 1.95. The first kappa shape index (κ1) is 22.6. The third-order valence-corrected chi connectivity index (χ3v) is 7.78. The monoisotopic (exact) mass is 484 g/mol. The van der Waals surface area contributed by atoms with Crippen LogP contribution in [0.1, 0.15) is 35.3 Å². The van der Waals surface area contributed by atoms with E-state index in [0.717, 1.165) is 41.5 Å². The van der Waals surface area contributed by atoms with Gasteiger partial charge in [-0.25, -0.2) is 4.98 Å². The number of benzene rings is 1. The number of rotatable bonds is 6. The van der Waals surface area contributed by atoms with Crippen LogP contribution in [0.5, 0.6) is 0 Å². The molecule has 164 valence electrons. The number of anilines is 1. The number of allylic oxidation sites excluding steroid dienone is 1. The fraction of sp³-hybridized carbons (Fsp3) is 0.304. The standard InChI is InChI=1S/C23H21ClN4O2S2/c1-2-10-28-22(30)20-16-6-4-3-5-7-18(16)32-21(20)27-23(28)31-13-19(29)26-15-9-8-14(12-25)17(24)11-15/h2,8-9,11H,1,3-7,10,13H2,(H,26,29). The number of amides is 1. The van der Waals surface area contributed by atoms with E-state index in [9.17, 15) is 9.59 Å². The molecule has 2 heterocycles. The fourth-order valence-corrected chi connectivity index (χ4v) is 6.14. The highest BCUT2D eigenvalue weighted by atomic mass is 35.5. The summed E-state index contributed by atoms with van der Waals surface area (Å²) in [7, 11) is 0. The van der Waals surface area contributed by atoms with Gasteiger partial charge in [-0.1, -0.05) is 35.9 Å². The molecule has 0 aliphatic heterocycles. The number of nitriles is 1. The van der Waals surface area contributed by atoms with Crippen LogP contribution in [0, 0.1) is 11.3 Å². The number of carbonyl (C=O) groups excluding carboxylic acids is 1. The van der Waals surface area contributed by atoms with Crippen LogP contribution in [0.2, 0.25) is 5.02 Å². The summed E-state index contributed by atoms with van der Waals surface area (Å²) < 4.78 is 1.60. The summed E-state index contributed by atoms with van der Waals surface area (Å²) >= 11 is 8.86. The zero-order valence-corrected chi connectivity index (χ0v) is 19.7. The van der Waals surface area contributed by atoms with Crippen LogP contribution in [0.3, 0.4) is 0 Å². The molecule has 4 rings (SSSR count). The molecule has 32 heavy (non-hydrogen) atoms. The predicted octanol–water partition coefficient (Wildman–Crippen LogP) is 5.17. The number of nitrogens with zero attached hydrogens (tertiary/aromatic N) is 3. The molecule has 3 aromatic rings. The summed E-state index contributed by atoms with van der Waals surface area (Å²) in [5.74, 6) is -0.171. The lowest BCUT2D eigenvalue weighted by atomic mass is 10.1. The average molecular weight is 485 g/mol. The lowest BCUT2D eigenvalue weighted by molar-refractivity contribution is -0.113. The first-order valence-corrected chi connectivity index (χ1v) is 12.5. The molecule has 2 aromatic heterocycles. The number of thiophene rings is 1. The molecule has 1 aliphatic carbocycles. The van der Waals surface area contributed by atoms with Crippen molar-refractivity contribution >= 4 is 56.5 Å². The molecule has 1 aliphatic rings. The predicted molar refractivity (Wildman–Crippen MR) is 131 cm³/mol. The number of hydrogen-bond acceptors (Lipinski definition) is 6. The van der Waals surface area contributed by atoms with Crippen molar-refractivity contribution in [1.29, 1.82) is 5.26 Å². The molecule has 0 saturated heterocycles. The van der Waals surface area contributed by atoms with Crippen molar-refractivity contribution in [2.24, 2.45) is 0 Å². The second kappa shape index (κ2) is 9.90. The van der Waals surface area contributed by atoms with Crippen LogP contribution >= 0.6 is 34.7 Å². The highest BCUT2D eigenvalue weighted by Crippen LogP contribution is 2.34. The van der Waals surface area contributed by atoms with Crippen molar-refractivity contribution in [3.05, 3.63) is 62.2 Å². The minimum Gasteiger partial charge on any atom is -0.325 e. The normalized spacial score (nSPS) is 13.2. The Morgan fingerprint density at radius 1 is 1.38 bits per heavy atom. The topological polar surface area (TPSA) is 87.8 Å². The number of nitrogens with one attached hydrogen (secondary N) is 1. The van der Waals surface area contributed by atoms with Crippen LogP contribution in [-0.4, -0.2) is 21.2 Å². The van der Waals surface area contributed by atoms with Crippen LogP contribution in [0.4, 0.5) is 5.69 Å². The van der Waals surface area contributed by atoms with Crippen molar-refractivity contribution < 1.29 is 4.79 Å². The zero-order chi connectivity index (χ0) is 22.7. The van der Waals surface area contributed by atoms with Gasteiger partial charge in [-0.3, -0.25) is 14.2 Å². The number of fused-ring (bicyclic) bond motifs is 3. The Hall–Kier alpha value is -2.60. The van der Waals surface area contributed by atoms with E-state index in [1.165, 1.54) is 23.1 Å². The molecule has 0 radical (unpaired) electrons. The fourth-order valence-electron chi connectivity index (χ4n) is 3.81. The Balaban J connectivity index is 1.58. The van der Waals surface area contributed by atoms with Crippen molar-refractivity contribution in [3.8, 4) is 6.07 Å². The van der Waals surface area contributed by atoms with Crippen molar-refractivity contribution in [2.45, 2.75) is 43.8 Å².